The summed E-state index contributed by atoms with van der Waals surface area (Å²) in [5.74, 6) is -0.813. The topological polar surface area (TPSA) is 53.0 Å². The first-order chi connectivity index (χ1) is 12.5. The van der Waals surface area contributed by atoms with E-state index >= 15 is 0 Å². The fraction of sp³-hybridized carbons (Fsp3) is 0.316. The van der Waals surface area contributed by atoms with Crippen LogP contribution in [-0.4, -0.2) is 41.0 Å². The molecule has 0 unspecified atom stereocenters. The fourth-order valence-corrected chi connectivity index (χ4v) is 3.67. The number of carbonyl (C=O) groups excluding carboxylic acids is 2. The Hall–Kier alpha value is -2.54. The average molecular weight is 373 g/mol. The molecular weight excluding hydrogens is 353 g/mol. The van der Waals surface area contributed by atoms with E-state index in [-0.39, 0.29) is 24.2 Å². The maximum absolute atomic E-state index is 14.3. The van der Waals surface area contributed by atoms with Gasteiger partial charge in [0.25, 0.3) is 5.91 Å². The van der Waals surface area contributed by atoms with Gasteiger partial charge in [-0.25, -0.2) is 9.40 Å². The SMILES string of the molecule is CCC(=O)N(C)CC(=O)N1N=C(c2cccs2)C[C@H]1c1ccccc1F. The number of thiophene rings is 1. The second kappa shape index (κ2) is 7.78. The molecular formula is C19H20FN3O2S. The molecule has 0 aliphatic carbocycles. The minimum Gasteiger partial charge on any atom is -0.336 e. The van der Waals surface area contributed by atoms with Crippen LogP contribution in [0.25, 0.3) is 0 Å². The second-order valence-electron chi connectivity index (χ2n) is 6.11. The first kappa shape index (κ1) is 18.3. The van der Waals surface area contributed by atoms with Gasteiger partial charge < -0.3 is 4.90 Å². The number of benzene rings is 1. The zero-order valence-electron chi connectivity index (χ0n) is 14.7. The standard InChI is InChI=1S/C19H20FN3O2S/c1-3-18(24)22(2)12-19(25)23-16(13-7-4-5-8-14(13)20)11-15(21-23)17-9-6-10-26-17/h4-10,16H,3,11-12H2,1-2H3/t16-/m0/s1. The molecule has 1 aromatic heterocycles. The molecule has 2 aromatic rings. The second-order valence-corrected chi connectivity index (χ2v) is 7.05. The molecule has 26 heavy (non-hydrogen) atoms. The van der Waals surface area contributed by atoms with Gasteiger partial charge in [0.05, 0.1) is 16.6 Å². The Labute approximate surface area is 155 Å². The molecule has 7 heteroatoms. The summed E-state index contributed by atoms with van der Waals surface area (Å²) in [4.78, 5) is 26.9. The van der Waals surface area contributed by atoms with Gasteiger partial charge in [-0.2, -0.15) is 5.10 Å². The maximum atomic E-state index is 14.3. The first-order valence-corrected chi connectivity index (χ1v) is 9.31. The van der Waals surface area contributed by atoms with Crippen LogP contribution in [0.5, 0.6) is 0 Å². The van der Waals surface area contributed by atoms with E-state index in [1.165, 1.54) is 27.3 Å². The number of halogens is 1. The lowest BCUT2D eigenvalue weighted by atomic mass is 10.0. The van der Waals surface area contributed by atoms with Crippen LogP contribution < -0.4 is 0 Å². The van der Waals surface area contributed by atoms with E-state index in [1.807, 2.05) is 17.5 Å². The maximum Gasteiger partial charge on any atom is 0.262 e. The first-order valence-electron chi connectivity index (χ1n) is 8.43. The lowest BCUT2D eigenvalue weighted by Crippen LogP contribution is -2.39. The predicted molar refractivity (Wildman–Crippen MR) is 99.4 cm³/mol. The van der Waals surface area contributed by atoms with Crippen LogP contribution in [0.3, 0.4) is 0 Å². The Balaban J connectivity index is 1.90. The largest absolute Gasteiger partial charge is 0.336 e. The third-order valence-electron chi connectivity index (χ3n) is 4.34. The molecule has 1 aromatic carbocycles. The van der Waals surface area contributed by atoms with Crippen LogP contribution in [-0.2, 0) is 9.59 Å². The number of likely N-dealkylation sites (N-methyl/N-ethyl adjacent to an activating group) is 1. The van der Waals surface area contributed by atoms with Crippen molar-refractivity contribution in [1.29, 1.82) is 0 Å². The van der Waals surface area contributed by atoms with Gasteiger partial charge in [0.2, 0.25) is 5.91 Å². The monoisotopic (exact) mass is 373 g/mol. The molecule has 2 heterocycles. The molecule has 0 fully saturated rings. The number of hydrazone groups is 1. The van der Waals surface area contributed by atoms with Gasteiger partial charge in [0.15, 0.2) is 0 Å². The van der Waals surface area contributed by atoms with E-state index in [9.17, 15) is 14.0 Å². The van der Waals surface area contributed by atoms with E-state index in [0.717, 1.165) is 10.6 Å². The third-order valence-corrected chi connectivity index (χ3v) is 5.26. The Bertz CT molecular complexity index is 835. The highest BCUT2D eigenvalue weighted by atomic mass is 32.1. The van der Waals surface area contributed by atoms with Gasteiger partial charge in [-0.15, -0.1) is 11.3 Å². The number of hydrogen-bond acceptors (Lipinski definition) is 4. The summed E-state index contributed by atoms with van der Waals surface area (Å²) in [7, 11) is 1.59. The lowest BCUT2D eigenvalue weighted by Gasteiger charge is -2.25. The summed E-state index contributed by atoms with van der Waals surface area (Å²) < 4.78 is 14.3. The normalized spacial score (nSPS) is 16.5. The van der Waals surface area contributed by atoms with Crippen LogP contribution in [0, 0.1) is 5.82 Å². The van der Waals surface area contributed by atoms with Crippen molar-refractivity contribution in [2.45, 2.75) is 25.8 Å². The zero-order chi connectivity index (χ0) is 18.7. The summed E-state index contributed by atoms with van der Waals surface area (Å²) in [6.45, 7) is 1.66. The smallest absolute Gasteiger partial charge is 0.262 e. The molecule has 136 valence electrons. The van der Waals surface area contributed by atoms with Gasteiger partial charge >= 0.3 is 0 Å². The van der Waals surface area contributed by atoms with Crippen molar-refractivity contribution in [3.05, 3.63) is 58.0 Å². The lowest BCUT2D eigenvalue weighted by molar-refractivity contribution is -0.140. The fourth-order valence-electron chi connectivity index (χ4n) is 2.95. The van der Waals surface area contributed by atoms with E-state index in [2.05, 4.69) is 5.10 Å². The van der Waals surface area contributed by atoms with Crippen molar-refractivity contribution in [1.82, 2.24) is 9.91 Å². The molecule has 0 saturated carbocycles. The third kappa shape index (κ3) is 3.67. The molecule has 0 N–H and O–H groups in total. The van der Waals surface area contributed by atoms with Crippen LogP contribution in [0.15, 0.2) is 46.9 Å². The summed E-state index contributed by atoms with van der Waals surface area (Å²) in [5, 5.41) is 7.74. The number of rotatable bonds is 5. The Morgan fingerprint density at radius 3 is 2.73 bits per heavy atom. The average Bonchev–Trinajstić information content (AvgIpc) is 3.30. The van der Waals surface area contributed by atoms with Crippen molar-refractivity contribution in [2.75, 3.05) is 13.6 Å². The van der Waals surface area contributed by atoms with Gasteiger partial charge in [0.1, 0.15) is 12.4 Å². The van der Waals surface area contributed by atoms with Crippen LogP contribution >= 0.6 is 11.3 Å². The number of carbonyl (C=O) groups is 2. The minimum absolute atomic E-state index is 0.0845. The molecule has 0 bridgehead atoms. The zero-order valence-corrected chi connectivity index (χ0v) is 15.5. The molecule has 5 nitrogen and oxygen atoms in total. The van der Waals surface area contributed by atoms with Crippen LogP contribution in [0.1, 0.15) is 36.2 Å². The van der Waals surface area contributed by atoms with Gasteiger partial charge in [-0.3, -0.25) is 9.59 Å². The number of hydrogen-bond donors (Lipinski definition) is 0. The van der Waals surface area contributed by atoms with Crippen molar-refractivity contribution >= 4 is 28.9 Å². The van der Waals surface area contributed by atoms with Crippen LogP contribution in [0.4, 0.5) is 4.39 Å². The van der Waals surface area contributed by atoms with Crippen LogP contribution in [0.2, 0.25) is 0 Å². The van der Waals surface area contributed by atoms with E-state index < -0.39 is 6.04 Å². The highest BCUT2D eigenvalue weighted by Crippen LogP contribution is 2.35. The Morgan fingerprint density at radius 1 is 1.31 bits per heavy atom. The number of nitrogens with zero attached hydrogens (tertiary/aromatic N) is 3. The Kier molecular flexibility index (Phi) is 5.46. The molecule has 2 amide bonds. The molecule has 1 aliphatic rings. The predicted octanol–water partition coefficient (Wildman–Crippen LogP) is 3.43. The van der Waals surface area contributed by atoms with Crippen molar-refractivity contribution in [2.24, 2.45) is 5.10 Å². The van der Waals surface area contributed by atoms with E-state index in [4.69, 9.17) is 0 Å². The molecule has 0 saturated heterocycles. The molecule has 1 atom stereocenters. The van der Waals surface area contributed by atoms with Crippen molar-refractivity contribution < 1.29 is 14.0 Å². The molecule has 3 rings (SSSR count). The van der Waals surface area contributed by atoms with Crippen molar-refractivity contribution in [3.63, 3.8) is 0 Å². The summed E-state index contributed by atoms with van der Waals surface area (Å²) in [5.41, 5.74) is 1.19. The van der Waals surface area contributed by atoms with Crippen molar-refractivity contribution in [3.8, 4) is 0 Å². The summed E-state index contributed by atoms with van der Waals surface area (Å²) in [6, 6.07) is 9.76. The molecule has 1 aliphatic heterocycles. The van der Waals surface area contributed by atoms with Gasteiger partial charge in [-0.1, -0.05) is 31.2 Å². The summed E-state index contributed by atoms with van der Waals surface area (Å²) in [6.07, 6.45) is 0.767. The molecule has 0 radical (unpaired) electrons. The highest BCUT2D eigenvalue weighted by Gasteiger charge is 2.35. The minimum atomic E-state index is -0.508. The highest BCUT2D eigenvalue weighted by molar-refractivity contribution is 7.12. The quantitative estimate of drug-likeness (QED) is 0.806. The van der Waals surface area contributed by atoms with E-state index in [1.54, 1.807) is 32.2 Å². The molecule has 0 spiro atoms. The Morgan fingerprint density at radius 2 is 2.08 bits per heavy atom. The number of amides is 2. The summed E-state index contributed by atoms with van der Waals surface area (Å²) >= 11 is 1.53. The van der Waals surface area contributed by atoms with Gasteiger partial charge in [-0.05, 0) is 17.5 Å². The van der Waals surface area contributed by atoms with E-state index in [0.29, 0.717) is 18.4 Å². The van der Waals surface area contributed by atoms with Gasteiger partial charge in [0, 0.05) is 25.5 Å².